The standard InChI is InChI=1S/C22H26N2O4/c1-26-18-7-4-16(5-8-18)14-23-22(25)15-24-10-2-3-19(24)17-6-9-20-21(13-17)28-12-11-27-20/h4-9,13,19H,2-3,10-12,14-15H2,1H3,(H,23,25). The smallest absolute Gasteiger partial charge is 0.234 e. The summed E-state index contributed by atoms with van der Waals surface area (Å²) < 4.78 is 16.5. The van der Waals surface area contributed by atoms with E-state index in [0.29, 0.717) is 26.3 Å². The van der Waals surface area contributed by atoms with Gasteiger partial charge in [-0.25, -0.2) is 0 Å². The molecule has 1 atom stereocenters. The van der Waals surface area contributed by atoms with Crippen molar-refractivity contribution in [2.75, 3.05) is 33.4 Å². The molecule has 2 aliphatic heterocycles. The molecule has 2 heterocycles. The Morgan fingerprint density at radius 2 is 1.93 bits per heavy atom. The van der Waals surface area contributed by atoms with Crippen molar-refractivity contribution < 1.29 is 19.0 Å². The maximum Gasteiger partial charge on any atom is 0.234 e. The number of rotatable bonds is 6. The number of nitrogens with one attached hydrogen (secondary N) is 1. The van der Waals surface area contributed by atoms with E-state index in [9.17, 15) is 4.79 Å². The van der Waals surface area contributed by atoms with Crippen LogP contribution < -0.4 is 19.5 Å². The molecule has 148 valence electrons. The van der Waals surface area contributed by atoms with Crippen molar-refractivity contribution in [3.05, 3.63) is 53.6 Å². The van der Waals surface area contributed by atoms with Crippen LogP contribution in [0.25, 0.3) is 0 Å². The van der Waals surface area contributed by atoms with E-state index in [4.69, 9.17) is 14.2 Å². The number of benzene rings is 2. The SMILES string of the molecule is COc1ccc(CNC(=O)CN2CCCC2c2ccc3c(c2)OCCO3)cc1. The Bertz CT molecular complexity index is 822. The molecule has 6 nitrogen and oxygen atoms in total. The number of carbonyl (C=O) groups is 1. The zero-order valence-corrected chi connectivity index (χ0v) is 16.1. The van der Waals surface area contributed by atoms with Crippen LogP contribution in [-0.2, 0) is 11.3 Å². The van der Waals surface area contributed by atoms with Crippen LogP contribution in [0.2, 0.25) is 0 Å². The lowest BCUT2D eigenvalue weighted by Crippen LogP contribution is -2.36. The fourth-order valence-corrected chi connectivity index (χ4v) is 3.84. The quantitative estimate of drug-likeness (QED) is 0.832. The number of ether oxygens (including phenoxy) is 3. The van der Waals surface area contributed by atoms with Gasteiger partial charge in [0, 0.05) is 12.6 Å². The van der Waals surface area contributed by atoms with E-state index in [1.807, 2.05) is 30.3 Å². The van der Waals surface area contributed by atoms with Gasteiger partial charge in [0.1, 0.15) is 19.0 Å². The monoisotopic (exact) mass is 382 g/mol. The summed E-state index contributed by atoms with van der Waals surface area (Å²) in [7, 11) is 1.64. The summed E-state index contributed by atoms with van der Waals surface area (Å²) in [6.45, 7) is 3.02. The average molecular weight is 382 g/mol. The lowest BCUT2D eigenvalue weighted by molar-refractivity contribution is -0.122. The molecule has 0 aromatic heterocycles. The van der Waals surface area contributed by atoms with Gasteiger partial charge in [-0.2, -0.15) is 0 Å². The number of amides is 1. The number of fused-ring (bicyclic) bond motifs is 1. The normalized spacial score (nSPS) is 18.7. The topological polar surface area (TPSA) is 60.0 Å². The molecular weight excluding hydrogens is 356 g/mol. The van der Waals surface area contributed by atoms with Crippen LogP contribution in [0.4, 0.5) is 0 Å². The summed E-state index contributed by atoms with van der Waals surface area (Å²) in [5.41, 5.74) is 2.24. The van der Waals surface area contributed by atoms with Crippen LogP contribution in [0.15, 0.2) is 42.5 Å². The number of hydrogen-bond donors (Lipinski definition) is 1. The van der Waals surface area contributed by atoms with E-state index in [0.717, 1.165) is 42.2 Å². The van der Waals surface area contributed by atoms with E-state index in [1.165, 1.54) is 5.56 Å². The maximum absolute atomic E-state index is 12.5. The Kier molecular flexibility index (Phi) is 5.67. The van der Waals surface area contributed by atoms with Crippen molar-refractivity contribution >= 4 is 5.91 Å². The summed E-state index contributed by atoms with van der Waals surface area (Å²) in [6.07, 6.45) is 2.14. The van der Waals surface area contributed by atoms with Crippen LogP contribution in [0.3, 0.4) is 0 Å². The molecule has 0 bridgehead atoms. The lowest BCUT2D eigenvalue weighted by Gasteiger charge is -2.26. The van der Waals surface area contributed by atoms with Crippen LogP contribution in [-0.4, -0.2) is 44.2 Å². The highest BCUT2D eigenvalue weighted by Gasteiger charge is 2.28. The Balaban J connectivity index is 1.35. The third-order valence-corrected chi connectivity index (χ3v) is 5.31. The molecule has 2 aromatic rings. The van der Waals surface area contributed by atoms with Crippen molar-refractivity contribution in [1.29, 1.82) is 0 Å². The van der Waals surface area contributed by atoms with Crippen molar-refractivity contribution in [2.24, 2.45) is 0 Å². The molecule has 1 N–H and O–H groups in total. The average Bonchev–Trinajstić information content (AvgIpc) is 3.20. The Hall–Kier alpha value is -2.73. The molecule has 1 amide bonds. The highest BCUT2D eigenvalue weighted by atomic mass is 16.6. The molecule has 4 rings (SSSR count). The highest BCUT2D eigenvalue weighted by molar-refractivity contribution is 5.78. The molecule has 2 aliphatic rings. The number of methoxy groups -OCH3 is 1. The fourth-order valence-electron chi connectivity index (χ4n) is 3.84. The second kappa shape index (κ2) is 8.52. The summed E-state index contributed by atoms with van der Waals surface area (Å²) in [5, 5.41) is 3.02. The molecule has 0 radical (unpaired) electrons. The highest BCUT2D eigenvalue weighted by Crippen LogP contribution is 2.37. The van der Waals surface area contributed by atoms with Crippen molar-refractivity contribution in [3.63, 3.8) is 0 Å². The first-order valence-corrected chi connectivity index (χ1v) is 9.76. The number of hydrogen-bond acceptors (Lipinski definition) is 5. The van der Waals surface area contributed by atoms with Crippen LogP contribution in [0.1, 0.15) is 30.0 Å². The van der Waals surface area contributed by atoms with E-state index in [2.05, 4.69) is 22.3 Å². The van der Waals surface area contributed by atoms with Gasteiger partial charge in [-0.3, -0.25) is 9.69 Å². The first-order chi connectivity index (χ1) is 13.7. The molecule has 6 heteroatoms. The molecular formula is C22H26N2O4. The fraction of sp³-hybridized carbons (Fsp3) is 0.409. The second-order valence-electron chi connectivity index (χ2n) is 7.16. The van der Waals surface area contributed by atoms with Crippen molar-refractivity contribution in [1.82, 2.24) is 10.2 Å². The molecule has 0 spiro atoms. The molecule has 1 fully saturated rings. The first-order valence-electron chi connectivity index (χ1n) is 9.76. The van der Waals surface area contributed by atoms with Crippen LogP contribution in [0.5, 0.6) is 17.2 Å². The largest absolute Gasteiger partial charge is 0.497 e. The van der Waals surface area contributed by atoms with Crippen LogP contribution >= 0.6 is 0 Å². The van der Waals surface area contributed by atoms with Gasteiger partial charge < -0.3 is 19.5 Å². The van der Waals surface area contributed by atoms with Gasteiger partial charge in [0.05, 0.1) is 13.7 Å². The van der Waals surface area contributed by atoms with Gasteiger partial charge in [0.25, 0.3) is 0 Å². The Morgan fingerprint density at radius 1 is 1.14 bits per heavy atom. The molecule has 28 heavy (non-hydrogen) atoms. The third-order valence-electron chi connectivity index (χ3n) is 5.31. The van der Waals surface area contributed by atoms with Crippen LogP contribution in [0, 0.1) is 0 Å². The minimum absolute atomic E-state index is 0.0419. The molecule has 0 saturated carbocycles. The van der Waals surface area contributed by atoms with Gasteiger partial charge in [-0.1, -0.05) is 18.2 Å². The summed E-state index contributed by atoms with van der Waals surface area (Å²) >= 11 is 0. The van der Waals surface area contributed by atoms with Crippen molar-refractivity contribution in [3.8, 4) is 17.2 Å². The number of nitrogens with zero attached hydrogens (tertiary/aromatic N) is 1. The maximum atomic E-state index is 12.5. The Morgan fingerprint density at radius 3 is 2.71 bits per heavy atom. The second-order valence-corrected chi connectivity index (χ2v) is 7.16. The molecule has 1 saturated heterocycles. The van der Waals surface area contributed by atoms with Gasteiger partial charge >= 0.3 is 0 Å². The van der Waals surface area contributed by atoms with E-state index >= 15 is 0 Å². The van der Waals surface area contributed by atoms with Gasteiger partial charge in [-0.05, 0) is 54.8 Å². The molecule has 0 aliphatic carbocycles. The molecule has 1 unspecified atom stereocenters. The summed E-state index contributed by atoms with van der Waals surface area (Å²) in [4.78, 5) is 14.7. The van der Waals surface area contributed by atoms with Gasteiger partial charge in [0.2, 0.25) is 5.91 Å². The summed E-state index contributed by atoms with van der Waals surface area (Å²) in [5.74, 6) is 2.46. The minimum Gasteiger partial charge on any atom is -0.497 e. The predicted octanol–water partition coefficient (Wildman–Crippen LogP) is 2.92. The first kappa shape index (κ1) is 18.6. The number of likely N-dealkylation sites (tertiary alicyclic amines) is 1. The molecule has 2 aromatic carbocycles. The van der Waals surface area contributed by atoms with E-state index in [-0.39, 0.29) is 11.9 Å². The van der Waals surface area contributed by atoms with E-state index in [1.54, 1.807) is 7.11 Å². The lowest BCUT2D eigenvalue weighted by atomic mass is 10.0. The van der Waals surface area contributed by atoms with Gasteiger partial charge in [-0.15, -0.1) is 0 Å². The predicted molar refractivity (Wildman–Crippen MR) is 106 cm³/mol. The van der Waals surface area contributed by atoms with Gasteiger partial charge in [0.15, 0.2) is 11.5 Å². The Labute approximate surface area is 165 Å². The van der Waals surface area contributed by atoms with E-state index < -0.39 is 0 Å². The zero-order valence-electron chi connectivity index (χ0n) is 16.1. The zero-order chi connectivity index (χ0) is 19.3. The van der Waals surface area contributed by atoms with Crippen molar-refractivity contribution in [2.45, 2.75) is 25.4 Å². The summed E-state index contributed by atoms with van der Waals surface area (Å²) in [6, 6.07) is 14.1. The number of carbonyl (C=O) groups excluding carboxylic acids is 1. The third kappa shape index (κ3) is 4.22. The minimum atomic E-state index is 0.0419.